The predicted molar refractivity (Wildman–Crippen MR) is 182 cm³/mol. The Morgan fingerprint density at radius 2 is 1.51 bits per heavy atom. The number of nitrogens with one attached hydrogen (secondary N) is 3. The summed E-state index contributed by atoms with van der Waals surface area (Å²) in [7, 11) is 2.61. The molecule has 1 heterocycles. The highest BCUT2D eigenvalue weighted by atomic mass is 35.5. The Kier molecular flexibility index (Phi) is 22.5. The molecule has 0 radical (unpaired) electrons. The van der Waals surface area contributed by atoms with Crippen LogP contribution in [0.4, 0.5) is 36.3 Å². The highest BCUT2D eigenvalue weighted by Gasteiger charge is 2.14. The van der Waals surface area contributed by atoms with Gasteiger partial charge >= 0.3 is 0 Å². The van der Waals surface area contributed by atoms with E-state index in [1.807, 2.05) is 34.6 Å². The van der Waals surface area contributed by atoms with E-state index in [2.05, 4.69) is 44.1 Å². The van der Waals surface area contributed by atoms with Crippen molar-refractivity contribution in [3.05, 3.63) is 94.8 Å². The zero-order chi connectivity index (χ0) is 33.5. The van der Waals surface area contributed by atoms with Gasteiger partial charge in [-0.1, -0.05) is 49.2 Å². The Morgan fingerprint density at radius 1 is 0.953 bits per heavy atom. The third kappa shape index (κ3) is 16.3. The standard InChI is InChI=1S/C23H22Cl2FN7.C4H8.C2H6.2CH3F/c1-13(2)30-17-4-5-20(26)21(9-17)32-22-19(14-6-15(24)8-16(25)7-14)12-29-23(33-22)31-18(10-27)11-28-3;1-4(2)3;3*1-2/h4-12,30H,1,27H2,2-3H3,(H2,29,31,32,33);1H2,2-3H3;1-2H3;2*1H3/b18-10+,28-11?;;;;. The number of rotatable bonds is 8. The number of allylic oxidation sites excluding steroid dienone is 3. The van der Waals surface area contributed by atoms with Gasteiger partial charge in [-0.05, 0) is 62.7 Å². The first-order valence-corrected chi connectivity index (χ1v) is 13.6. The average Bonchev–Trinajstić information content (AvgIpc) is 2.97. The van der Waals surface area contributed by atoms with Gasteiger partial charge in [0.15, 0.2) is 0 Å². The molecule has 0 aliphatic heterocycles. The number of hydrogen-bond donors (Lipinski definition) is 4. The number of nitrogens with zero attached hydrogens (tertiary/aromatic N) is 3. The number of aliphatic imine (C=N–C) groups is 1. The van der Waals surface area contributed by atoms with Crippen molar-refractivity contribution in [1.82, 2.24) is 9.97 Å². The third-order valence-electron chi connectivity index (χ3n) is 4.24. The minimum Gasteiger partial charge on any atom is -0.403 e. The van der Waals surface area contributed by atoms with Crippen LogP contribution in [-0.2, 0) is 0 Å². The van der Waals surface area contributed by atoms with Crippen LogP contribution in [0.15, 0.2) is 83.9 Å². The molecule has 2 aromatic carbocycles. The van der Waals surface area contributed by atoms with Gasteiger partial charge in [-0.15, -0.1) is 6.58 Å². The molecule has 0 fully saturated rings. The maximum absolute atomic E-state index is 14.7. The molecular formula is C31H42Cl2F3N7. The summed E-state index contributed by atoms with van der Waals surface area (Å²) in [5.41, 5.74) is 10.1. The van der Waals surface area contributed by atoms with Crippen LogP contribution in [-0.4, -0.2) is 37.6 Å². The smallest absolute Gasteiger partial charge is 0.229 e. The van der Waals surface area contributed by atoms with E-state index in [1.165, 1.54) is 24.1 Å². The van der Waals surface area contributed by atoms with Crippen molar-refractivity contribution in [2.24, 2.45) is 10.7 Å². The van der Waals surface area contributed by atoms with Crippen LogP contribution >= 0.6 is 23.2 Å². The van der Waals surface area contributed by atoms with Crippen molar-refractivity contribution in [3.63, 3.8) is 0 Å². The van der Waals surface area contributed by atoms with E-state index < -0.39 is 5.82 Å². The van der Waals surface area contributed by atoms with Gasteiger partial charge < -0.3 is 21.7 Å². The van der Waals surface area contributed by atoms with Crippen LogP contribution in [0.1, 0.15) is 34.6 Å². The first kappa shape index (κ1) is 41.1. The number of benzene rings is 2. The number of halogens is 5. The van der Waals surface area contributed by atoms with Crippen LogP contribution in [0, 0.1) is 5.82 Å². The van der Waals surface area contributed by atoms with Gasteiger partial charge in [0.25, 0.3) is 0 Å². The number of aromatic nitrogens is 2. The average molecular weight is 641 g/mol. The summed E-state index contributed by atoms with van der Waals surface area (Å²) in [6.07, 6.45) is 4.43. The van der Waals surface area contributed by atoms with Gasteiger partial charge in [0.1, 0.15) is 11.6 Å². The molecule has 43 heavy (non-hydrogen) atoms. The van der Waals surface area contributed by atoms with Crippen LogP contribution in [0.2, 0.25) is 10.0 Å². The Hall–Kier alpha value is -4.02. The molecule has 0 spiro atoms. The molecule has 0 unspecified atom stereocenters. The topological polar surface area (TPSA) is 100 Å². The largest absolute Gasteiger partial charge is 0.403 e. The van der Waals surface area contributed by atoms with Gasteiger partial charge in [-0.25, -0.2) is 9.37 Å². The first-order valence-electron chi connectivity index (χ1n) is 12.8. The monoisotopic (exact) mass is 639 g/mol. The molecule has 3 aromatic rings. The van der Waals surface area contributed by atoms with Crippen molar-refractivity contribution >= 4 is 52.6 Å². The predicted octanol–water partition coefficient (Wildman–Crippen LogP) is 9.97. The van der Waals surface area contributed by atoms with Crippen LogP contribution in [0.25, 0.3) is 11.1 Å². The second-order valence-corrected chi connectivity index (χ2v) is 9.05. The Balaban J connectivity index is 0. The molecule has 3 rings (SSSR count). The summed E-state index contributed by atoms with van der Waals surface area (Å²) in [5.74, 6) is 0.0794. The number of anilines is 4. The summed E-state index contributed by atoms with van der Waals surface area (Å²) >= 11 is 12.4. The van der Waals surface area contributed by atoms with Crippen molar-refractivity contribution in [1.29, 1.82) is 0 Å². The van der Waals surface area contributed by atoms with Crippen molar-refractivity contribution in [3.8, 4) is 11.1 Å². The molecule has 0 amide bonds. The van der Waals surface area contributed by atoms with E-state index in [0.717, 1.165) is 0 Å². The molecule has 0 saturated heterocycles. The van der Waals surface area contributed by atoms with E-state index >= 15 is 0 Å². The minimum atomic E-state index is -0.467. The molecule has 7 nitrogen and oxygen atoms in total. The lowest BCUT2D eigenvalue weighted by molar-refractivity contribution is 0.632. The third-order valence-corrected chi connectivity index (χ3v) is 4.68. The van der Waals surface area contributed by atoms with E-state index in [0.29, 0.717) is 58.4 Å². The number of alkyl halides is 2. The molecule has 236 valence electrons. The van der Waals surface area contributed by atoms with E-state index in [9.17, 15) is 13.2 Å². The van der Waals surface area contributed by atoms with E-state index in [1.54, 1.807) is 43.6 Å². The fourth-order valence-electron chi connectivity index (χ4n) is 2.92. The second-order valence-electron chi connectivity index (χ2n) is 8.18. The fraction of sp³-hybridized carbons (Fsp3) is 0.258. The number of nitrogens with two attached hydrogens (primary N) is 1. The molecule has 1 aromatic heterocycles. The van der Waals surface area contributed by atoms with Crippen LogP contribution in [0.3, 0.4) is 0 Å². The van der Waals surface area contributed by atoms with E-state index in [-0.39, 0.29) is 11.6 Å². The maximum Gasteiger partial charge on any atom is 0.229 e. The molecule has 0 bridgehead atoms. The zero-order valence-electron chi connectivity index (χ0n) is 25.9. The highest BCUT2D eigenvalue weighted by Crippen LogP contribution is 2.34. The van der Waals surface area contributed by atoms with Crippen molar-refractivity contribution in [2.45, 2.75) is 34.6 Å². The van der Waals surface area contributed by atoms with Gasteiger partial charge in [0.2, 0.25) is 5.95 Å². The SMILES string of the molecule is C=C(C)C.C=C(C)Nc1ccc(F)c(Nc2nc(N/C(C=NC)=C/N)ncc2-c2cc(Cl)cc(Cl)c2)c1.CC.CF.CF. The Morgan fingerprint density at radius 3 is 2.00 bits per heavy atom. The van der Waals surface area contributed by atoms with Gasteiger partial charge in [-0.2, -0.15) is 4.98 Å². The maximum atomic E-state index is 14.7. The molecule has 0 aliphatic carbocycles. The van der Waals surface area contributed by atoms with Gasteiger partial charge in [-0.3, -0.25) is 13.8 Å². The van der Waals surface area contributed by atoms with Crippen LogP contribution < -0.4 is 21.7 Å². The van der Waals surface area contributed by atoms with Crippen LogP contribution in [0.5, 0.6) is 0 Å². The first-order chi connectivity index (χ1) is 20.5. The molecule has 5 N–H and O–H groups in total. The zero-order valence-corrected chi connectivity index (χ0v) is 27.4. The minimum absolute atomic E-state index is 0.199. The molecular weight excluding hydrogens is 598 g/mol. The number of hydrogen-bond acceptors (Lipinski definition) is 7. The van der Waals surface area contributed by atoms with E-state index in [4.69, 9.17) is 28.9 Å². The molecule has 0 atom stereocenters. The molecule has 12 heteroatoms. The second kappa shape index (κ2) is 23.5. The lowest BCUT2D eigenvalue weighted by Gasteiger charge is -2.15. The summed E-state index contributed by atoms with van der Waals surface area (Å²) in [6, 6.07) is 9.62. The summed E-state index contributed by atoms with van der Waals surface area (Å²) in [4.78, 5) is 12.8. The summed E-state index contributed by atoms with van der Waals surface area (Å²) < 4.78 is 33.7. The van der Waals surface area contributed by atoms with Gasteiger partial charge in [0, 0.05) is 52.7 Å². The normalized spacial score (nSPS) is 9.84. The summed E-state index contributed by atoms with van der Waals surface area (Å²) in [5, 5.41) is 9.96. The van der Waals surface area contributed by atoms with Crippen molar-refractivity contribution < 1.29 is 13.2 Å². The van der Waals surface area contributed by atoms with Crippen molar-refractivity contribution in [2.75, 3.05) is 37.4 Å². The Bertz CT molecular complexity index is 1320. The lowest BCUT2D eigenvalue weighted by Crippen LogP contribution is -2.09. The van der Waals surface area contributed by atoms with Gasteiger partial charge in [0.05, 0.1) is 25.7 Å². The molecule has 0 saturated carbocycles. The highest BCUT2D eigenvalue weighted by molar-refractivity contribution is 6.35. The molecule has 0 aliphatic rings. The summed E-state index contributed by atoms with van der Waals surface area (Å²) in [6.45, 7) is 17.1. The fourth-order valence-corrected chi connectivity index (χ4v) is 3.44. The lowest BCUT2D eigenvalue weighted by atomic mass is 10.1. The Labute approximate surface area is 263 Å². The quantitative estimate of drug-likeness (QED) is 0.144.